The minimum atomic E-state index is 0.0420. The fourth-order valence-electron chi connectivity index (χ4n) is 3.30. The lowest BCUT2D eigenvalue weighted by Crippen LogP contribution is -2.48. The average molecular weight is 385 g/mol. The monoisotopic (exact) mass is 384 g/mol. The van der Waals surface area contributed by atoms with Crippen LogP contribution in [-0.4, -0.2) is 58.1 Å². The van der Waals surface area contributed by atoms with Crippen LogP contribution in [0.15, 0.2) is 24.4 Å². The highest BCUT2D eigenvalue weighted by molar-refractivity contribution is 7.20. The van der Waals surface area contributed by atoms with Gasteiger partial charge in [0.2, 0.25) is 16.0 Å². The highest BCUT2D eigenvalue weighted by Gasteiger charge is 2.22. The minimum absolute atomic E-state index is 0.0420. The van der Waals surface area contributed by atoms with E-state index in [-0.39, 0.29) is 5.91 Å². The van der Waals surface area contributed by atoms with Gasteiger partial charge in [0.1, 0.15) is 0 Å². The Morgan fingerprint density at radius 1 is 1.19 bits per heavy atom. The summed E-state index contributed by atoms with van der Waals surface area (Å²) in [6, 6.07) is 5.99. The maximum atomic E-state index is 12.4. The standard InChI is InChI=1S/C19H24N6OS/c1-13-5-4-6-16(15(13)3)21-17(26)12-23-7-9-24(10-8-23)19-22-25-11-14(2)20-18(25)27-19/h4-6,11H,7-10,12H2,1-3H3,(H,21,26). The predicted octanol–water partition coefficient (Wildman–Crippen LogP) is 2.48. The number of benzene rings is 1. The van der Waals surface area contributed by atoms with Gasteiger partial charge in [-0.05, 0) is 38.0 Å². The Kier molecular flexibility index (Phi) is 4.84. The molecule has 1 saturated heterocycles. The molecular weight excluding hydrogens is 360 g/mol. The first-order valence-electron chi connectivity index (χ1n) is 9.16. The van der Waals surface area contributed by atoms with Gasteiger partial charge in [-0.25, -0.2) is 9.50 Å². The van der Waals surface area contributed by atoms with Crippen LogP contribution in [0.1, 0.15) is 16.8 Å². The van der Waals surface area contributed by atoms with Crippen molar-refractivity contribution in [3.8, 4) is 0 Å². The molecule has 2 aromatic heterocycles. The third kappa shape index (κ3) is 3.81. The van der Waals surface area contributed by atoms with Crippen molar-refractivity contribution in [2.75, 3.05) is 42.9 Å². The van der Waals surface area contributed by atoms with E-state index in [2.05, 4.69) is 38.2 Å². The number of fused-ring (bicyclic) bond motifs is 1. The summed E-state index contributed by atoms with van der Waals surface area (Å²) in [6.45, 7) is 9.92. The van der Waals surface area contributed by atoms with Crippen LogP contribution in [-0.2, 0) is 4.79 Å². The molecule has 8 heteroatoms. The summed E-state index contributed by atoms with van der Waals surface area (Å²) in [4.78, 5) is 22.3. The molecule has 1 aliphatic heterocycles. The van der Waals surface area contributed by atoms with Crippen molar-refractivity contribution < 1.29 is 4.79 Å². The molecule has 7 nitrogen and oxygen atoms in total. The third-order valence-electron chi connectivity index (χ3n) is 5.04. The van der Waals surface area contributed by atoms with Crippen LogP contribution >= 0.6 is 11.3 Å². The molecule has 1 aromatic carbocycles. The van der Waals surface area contributed by atoms with Gasteiger partial charge in [-0.2, -0.15) is 0 Å². The van der Waals surface area contributed by atoms with Gasteiger partial charge in [-0.1, -0.05) is 23.5 Å². The Bertz CT molecular complexity index is 938. The van der Waals surface area contributed by atoms with E-state index in [0.717, 1.165) is 53.2 Å². The number of hydrogen-bond acceptors (Lipinski definition) is 6. The van der Waals surface area contributed by atoms with E-state index in [1.807, 2.05) is 36.7 Å². The first kappa shape index (κ1) is 17.9. The zero-order chi connectivity index (χ0) is 19.0. The number of aromatic nitrogens is 3. The maximum absolute atomic E-state index is 12.4. The van der Waals surface area contributed by atoms with Crippen molar-refractivity contribution in [2.24, 2.45) is 0 Å². The number of rotatable bonds is 4. The molecule has 1 aliphatic rings. The lowest BCUT2D eigenvalue weighted by Gasteiger charge is -2.33. The van der Waals surface area contributed by atoms with Gasteiger partial charge >= 0.3 is 0 Å². The summed E-state index contributed by atoms with van der Waals surface area (Å²) in [7, 11) is 0. The summed E-state index contributed by atoms with van der Waals surface area (Å²) < 4.78 is 1.85. The average Bonchev–Trinajstić information content (AvgIpc) is 3.17. The number of carbonyl (C=O) groups excluding carboxylic acids is 1. The van der Waals surface area contributed by atoms with Gasteiger partial charge < -0.3 is 10.2 Å². The third-order valence-corrected chi connectivity index (χ3v) is 6.03. The van der Waals surface area contributed by atoms with E-state index in [4.69, 9.17) is 0 Å². The summed E-state index contributed by atoms with van der Waals surface area (Å²) in [6.07, 6.45) is 1.95. The zero-order valence-corrected chi connectivity index (χ0v) is 16.7. The molecule has 0 bridgehead atoms. The SMILES string of the molecule is Cc1cn2nc(N3CCN(CC(=O)Nc4cccc(C)c4C)CC3)sc2n1. The van der Waals surface area contributed by atoms with Gasteiger partial charge in [-0.3, -0.25) is 9.69 Å². The Morgan fingerprint density at radius 2 is 1.96 bits per heavy atom. The minimum Gasteiger partial charge on any atom is -0.344 e. The molecule has 1 amide bonds. The Hall–Kier alpha value is -2.45. The number of carbonyl (C=O) groups is 1. The van der Waals surface area contributed by atoms with Gasteiger partial charge in [0, 0.05) is 31.9 Å². The van der Waals surface area contributed by atoms with Gasteiger partial charge in [0.25, 0.3) is 0 Å². The maximum Gasteiger partial charge on any atom is 0.238 e. The first-order chi connectivity index (χ1) is 13.0. The van der Waals surface area contributed by atoms with Crippen molar-refractivity contribution in [2.45, 2.75) is 20.8 Å². The second-order valence-electron chi connectivity index (χ2n) is 7.05. The molecule has 1 fully saturated rings. The molecule has 0 saturated carbocycles. The molecule has 0 unspecified atom stereocenters. The van der Waals surface area contributed by atoms with Crippen molar-refractivity contribution in [3.05, 3.63) is 41.2 Å². The van der Waals surface area contributed by atoms with Gasteiger partial charge in [0.05, 0.1) is 18.4 Å². The Morgan fingerprint density at radius 3 is 2.70 bits per heavy atom. The highest BCUT2D eigenvalue weighted by Crippen LogP contribution is 2.24. The molecule has 27 heavy (non-hydrogen) atoms. The van der Waals surface area contributed by atoms with E-state index < -0.39 is 0 Å². The number of nitrogens with one attached hydrogen (secondary N) is 1. The molecule has 0 radical (unpaired) electrons. The van der Waals surface area contributed by atoms with Crippen LogP contribution in [0.4, 0.5) is 10.8 Å². The lowest BCUT2D eigenvalue weighted by molar-refractivity contribution is -0.117. The topological polar surface area (TPSA) is 65.8 Å². The molecular formula is C19H24N6OS. The molecule has 142 valence electrons. The Labute approximate surface area is 162 Å². The quantitative estimate of drug-likeness (QED) is 0.749. The molecule has 0 aliphatic carbocycles. The van der Waals surface area contributed by atoms with Gasteiger partial charge in [-0.15, -0.1) is 5.10 Å². The van der Waals surface area contributed by atoms with Crippen molar-refractivity contribution in [1.29, 1.82) is 0 Å². The predicted molar refractivity (Wildman–Crippen MR) is 109 cm³/mol. The molecule has 4 rings (SSSR count). The van der Waals surface area contributed by atoms with Crippen molar-refractivity contribution in [1.82, 2.24) is 19.5 Å². The molecule has 1 N–H and O–H groups in total. The zero-order valence-electron chi connectivity index (χ0n) is 15.9. The molecule has 3 heterocycles. The van der Waals surface area contributed by atoms with Gasteiger partial charge in [0.15, 0.2) is 0 Å². The normalized spacial score (nSPS) is 15.4. The highest BCUT2D eigenvalue weighted by atomic mass is 32.1. The number of anilines is 2. The van der Waals surface area contributed by atoms with Crippen molar-refractivity contribution >= 4 is 33.0 Å². The fourth-order valence-corrected chi connectivity index (χ4v) is 4.28. The van der Waals surface area contributed by atoms with Crippen LogP contribution in [0.25, 0.3) is 4.96 Å². The summed E-state index contributed by atoms with van der Waals surface area (Å²) >= 11 is 1.61. The smallest absolute Gasteiger partial charge is 0.238 e. The number of hydrogen-bond donors (Lipinski definition) is 1. The van der Waals surface area contributed by atoms with Crippen molar-refractivity contribution in [3.63, 3.8) is 0 Å². The lowest BCUT2D eigenvalue weighted by atomic mass is 10.1. The fraction of sp³-hybridized carbons (Fsp3) is 0.421. The summed E-state index contributed by atoms with van der Waals surface area (Å²) in [5.74, 6) is 0.0420. The number of imidazole rings is 1. The molecule has 0 atom stereocenters. The van der Waals surface area contributed by atoms with E-state index in [0.29, 0.717) is 6.54 Å². The largest absolute Gasteiger partial charge is 0.344 e. The summed E-state index contributed by atoms with van der Waals surface area (Å²) in [5, 5.41) is 8.66. The number of aryl methyl sites for hydroxylation is 2. The summed E-state index contributed by atoms with van der Waals surface area (Å²) in [5.41, 5.74) is 4.20. The first-order valence-corrected chi connectivity index (χ1v) is 9.97. The number of nitrogens with zero attached hydrogens (tertiary/aromatic N) is 5. The van der Waals surface area contributed by atoms with Crippen LogP contribution in [0.3, 0.4) is 0 Å². The van der Waals surface area contributed by atoms with Crippen LogP contribution in [0.2, 0.25) is 0 Å². The Balaban J connectivity index is 1.31. The van der Waals surface area contributed by atoms with Crippen LogP contribution in [0.5, 0.6) is 0 Å². The molecule has 3 aromatic rings. The van der Waals surface area contributed by atoms with Crippen LogP contribution < -0.4 is 10.2 Å². The number of amides is 1. The van der Waals surface area contributed by atoms with Crippen LogP contribution in [0, 0.1) is 20.8 Å². The van der Waals surface area contributed by atoms with E-state index >= 15 is 0 Å². The van der Waals surface area contributed by atoms with E-state index in [1.54, 1.807) is 11.3 Å². The molecule has 0 spiro atoms. The van der Waals surface area contributed by atoms with E-state index in [9.17, 15) is 4.79 Å². The number of piperazine rings is 1. The second-order valence-corrected chi connectivity index (χ2v) is 7.99. The van der Waals surface area contributed by atoms with E-state index in [1.165, 1.54) is 5.56 Å². The second kappa shape index (κ2) is 7.28.